The molecule has 0 aliphatic rings. The molecule has 0 saturated carbocycles. The molecule has 1 atom stereocenters. The fraction of sp³-hybridized carbons (Fsp3) is 0.429. The van der Waals surface area contributed by atoms with Crippen LogP contribution in [0.15, 0.2) is 18.3 Å². The highest BCUT2D eigenvalue weighted by Crippen LogP contribution is 2.03. The quantitative estimate of drug-likeness (QED) is 0.710. The Balaban J connectivity index is 2.67. The Labute approximate surface area is 118 Å². The molecule has 20 heavy (non-hydrogen) atoms. The van der Waals surface area contributed by atoms with Crippen molar-refractivity contribution in [3.05, 3.63) is 29.6 Å². The summed E-state index contributed by atoms with van der Waals surface area (Å²) in [4.78, 5) is 17.4. The molecule has 0 aliphatic heterocycles. The van der Waals surface area contributed by atoms with Crippen LogP contribution < -0.4 is 0 Å². The Morgan fingerprint density at radius 2 is 2.30 bits per heavy atom. The molecule has 6 heteroatoms. The van der Waals surface area contributed by atoms with E-state index in [-0.39, 0.29) is 31.4 Å². The van der Waals surface area contributed by atoms with Gasteiger partial charge in [0.2, 0.25) is 0 Å². The molecule has 1 aromatic heterocycles. The van der Waals surface area contributed by atoms with Crippen LogP contribution in [0.3, 0.4) is 0 Å². The second-order valence-electron chi connectivity index (χ2n) is 4.19. The van der Waals surface area contributed by atoms with Crippen molar-refractivity contribution >= 4 is 5.91 Å². The lowest BCUT2D eigenvalue weighted by Crippen LogP contribution is -2.36. The van der Waals surface area contributed by atoms with Crippen molar-refractivity contribution in [2.75, 3.05) is 33.9 Å². The molecule has 6 nitrogen and oxygen atoms in total. The number of likely N-dealkylation sites (N-methyl/N-ethyl adjacent to an activating group) is 1. The number of nitrogens with zero attached hydrogens (tertiary/aromatic N) is 2. The van der Waals surface area contributed by atoms with Crippen LogP contribution in [0.2, 0.25) is 0 Å². The normalized spacial score (nSPS) is 11.4. The van der Waals surface area contributed by atoms with Crippen molar-refractivity contribution in [1.82, 2.24) is 9.88 Å². The monoisotopic (exact) mass is 278 g/mol. The number of carbonyl (C=O) groups is 1. The maximum atomic E-state index is 12.0. The van der Waals surface area contributed by atoms with Gasteiger partial charge in [-0.1, -0.05) is 11.8 Å². The van der Waals surface area contributed by atoms with Crippen LogP contribution in [-0.4, -0.2) is 66.0 Å². The number of aliphatic hydroxyl groups is 2. The fourth-order valence-electron chi connectivity index (χ4n) is 1.58. The van der Waals surface area contributed by atoms with Crippen LogP contribution >= 0.6 is 0 Å². The number of carbonyl (C=O) groups excluding carboxylic acids is 1. The Morgan fingerprint density at radius 1 is 1.55 bits per heavy atom. The average Bonchev–Trinajstić information content (AvgIpc) is 2.45. The van der Waals surface area contributed by atoms with Gasteiger partial charge >= 0.3 is 0 Å². The number of amides is 1. The van der Waals surface area contributed by atoms with Crippen LogP contribution in [0.4, 0.5) is 0 Å². The number of hydrogen-bond donors (Lipinski definition) is 2. The molecule has 1 aromatic rings. The van der Waals surface area contributed by atoms with Crippen molar-refractivity contribution in [2.24, 2.45) is 0 Å². The molecule has 0 fully saturated rings. The summed E-state index contributed by atoms with van der Waals surface area (Å²) in [7, 11) is 3.07. The number of rotatable bonds is 5. The van der Waals surface area contributed by atoms with Crippen molar-refractivity contribution in [2.45, 2.75) is 6.10 Å². The Hall–Kier alpha value is -1.94. The number of ether oxygens (including phenoxy) is 1. The zero-order valence-corrected chi connectivity index (χ0v) is 11.5. The van der Waals surface area contributed by atoms with Gasteiger partial charge in [0.05, 0.1) is 12.7 Å². The predicted octanol–water partition coefficient (Wildman–Crippen LogP) is -0.495. The first-order chi connectivity index (χ1) is 9.58. The van der Waals surface area contributed by atoms with E-state index in [4.69, 9.17) is 9.84 Å². The van der Waals surface area contributed by atoms with Crippen molar-refractivity contribution in [3.8, 4) is 11.8 Å². The zero-order valence-electron chi connectivity index (χ0n) is 11.5. The molecule has 0 aromatic carbocycles. The summed E-state index contributed by atoms with van der Waals surface area (Å²) in [6.07, 6.45) is 0.735. The Morgan fingerprint density at radius 3 is 2.85 bits per heavy atom. The summed E-state index contributed by atoms with van der Waals surface area (Å²) in [6, 6.07) is 3.21. The van der Waals surface area contributed by atoms with Crippen molar-refractivity contribution in [3.63, 3.8) is 0 Å². The summed E-state index contributed by atoms with van der Waals surface area (Å²) >= 11 is 0. The van der Waals surface area contributed by atoms with Gasteiger partial charge in [-0.15, -0.1) is 0 Å². The highest BCUT2D eigenvalue weighted by molar-refractivity contribution is 5.92. The lowest BCUT2D eigenvalue weighted by atomic mass is 10.2. The number of pyridine rings is 1. The van der Waals surface area contributed by atoms with E-state index in [1.54, 1.807) is 19.2 Å². The van der Waals surface area contributed by atoms with Gasteiger partial charge in [-0.25, -0.2) is 4.98 Å². The summed E-state index contributed by atoms with van der Waals surface area (Å²) in [5.74, 6) is 4.90. The topological polar surface area (TPSA) is 82.9 Å². The molecule has 0 aliphatic carbocycles. The standard InChI is InChI=1S/C14H18N2O4/c1-16(9-12(18)10-20-2)14(19)13-6-5-11(8-15-13)4-3-7-17/h5-6,8,12,17-18H,7,9-10H2,1-2H3. The number of aromatic nitrogens is 1. The molecule has 1 unspecified atom stereocenters. The minimum absolute atomic E-state index is 0.167. The third-order valence-electron chi connectivity index (χ3n) is 2.48. The molecule has 0 bridgehead atoms. The maximum Gasteiger partial charge on any atom is 0.272 e. The fourth-order valence-corrected chi connectivity index (χ4v) is 1.58. The van der Waals surface area contributed by atoms with E-state index in [1.807, 2.05) is 0 Å². The van der Waals surface area contributed by atoms with E-state index >= 15 is 0 Å². The first-order valence-electron chi connectivity index (χ1n) is 6.06. The summed E-state index contributed by atoms with van der Waals surface area (Å²) in [6.45, 7) is 0.113. The van der Waals surface area contributed by atoms with Gasteiger partial charge in [0.15, 0.2) is 0 Å². The summed E-state index contributed by atoms with van der Waals surface area (Å²) < 4.78 is 4.80. The molecule has 0 spiro atoms. The summed E-state index contributed by atoms with van der Waals surface area (Å²) in [5.41, 5.74) is 0.893. The largest absolute Gasteiger partial charge is 0.389 e. The molecule has 0 saturated heterocycles. The van der Waals surface area contributed by atoms with E-state index in [1.165, 1.54) is 18.2 Å². The number of aliphatic hydroxyl groups excluding tert-OH is 2. The maximum absolute atomic E-state index is 12.0. The van der Waals surface area contributed by atoms with Crippen LogP contribution in [0.25, 0.3) is 0 Å². The van der Waals surface area contributed by atoms with Gasteiger partial charge in [-0.05, 0) is 12.1 Å². The highest BCUT2D eigenvalue weighted by Gasteiger charge is 2.16. The van der Waals surface area contributed by atoms with Crippen LogP contribution in [0, 0.1) is 11.8 Å². The lowest BCUT2D eigenvalue weighted by Gasteiger charge is -2.20. The van der Waals surface area contributed by atoms with E-state index in [2.05, 4.69) is 16.8 Å². The van der Waals surface area contributed by atoms with Gasteiger partial charge < -0.3 is 19.8 Å². The van der Waals surface area contributed by atoms with Crippen LogP contribution in [-0.2, 0) is 4.74 Å². The minimum atomic E-state index is -0.733. The smallest absolute Gasteiger partial charge is 0.272 e. The molecule has 0 radical (unpaired) electrons. The SMILES string of the molecule is COCC(O)CN(C)C(=O)c1ccc(C#CCO)cn1. The van der Waals surface area contributed by atoms with Crippen molar-refractivity contribution in [1.29, 1.82) is 0 Å². The number of methoxy groups -OCH3 is 1. The van der Waals surface area contributed by atoms with Gasteiger partial charge in [-0.3, -0.25) is 4.79 Å². The van der Waals surface area contributed by atoms with Crippen LogP contribution in [0.1, 0.15) is 16.1 Å². The molecule has 1 rings (SSSR count). The van der Waals surface area contributed by atoms with E-state index in [0.717, 1.165) is 0 Å². The predicted molar refractivity (Wildman–Crippen MR) is 73.0 cm³/mol. The number of hydrogen-bond acceptors (Lipinski definition) is 5. The molecular formula is C14H18N2O4. The summed E-state index contributed by atoms with van der Waals surface area (Å²) in [5, 5.41) is 18.2. The van der Waals surface area contributed by atoms with Gasteiger partial charge in [0, 0.05) is 32.5 Å². The molecular weight excluding hydrogens is 260 g/mol. The minimum Gasteiger partial charge on any atom is -0.389 e. The second kappa shape index (κ2) is 8.27. The third-order valence-corrected chi connectivity index (χ3v) is 2.48. The van der Waals surface area contributed by atoms with Crippen molar-refractivity contribution < 1.29 is 19.7 Å². The molecule has 2 N–H and O–H groups in total. The zero-order chi connectivity index (χ0) is 15.0. The van der Waals surface area contributed by atoms with Gasteiger partial charge in [0.25, 0.3) is 5.91 Å². The van der Waals surface area contributed by atoms with E-state index < -0.39 is 6.10 Å². The lowest BCUT2D eigenvalue weighted by molar-refractivity contribution is 0.0378. The Bertz CT molecular complexity index is 490. The van der Waals surface area contributed by atoms with Gasteiger partial charge in [-0.2, -0.15) is 0 Å². The van der Waals surface area contributed by atoms with Crippen LogP contribution in [0.5, 0.6) is 0 Å². The highest BCUT2D eigenvalue weighted by atomic mass is 16.5. The first-order valence-corrected chi connectivity index (χ1v) is 6.06. The van der Waals surface area contributed by atoms with Gasteiger partial charge in [0.1, 0.15) is 12.3 Å². The molecule has 1 heterocycles. The molecule has 1 amide bonds. The average molecular weight is 278 g/mol. The third kappa shape index (κ3) is 4.97. The first kappa shape index (κ1) is 16.1. The van der Waals surface area contributed by atoms with E-state index in [0.29, 0.717) is 5.56 Å². The van der Waals surface area contributed by atoms with E-state index in [9.17, 15) is 9.90 Å². The Kier molecular flexibility index (Phi) is 6.67. The molecule has 108 valence electrons. The second-order valence-corrected chi connectivity index (χ2v) is 4.19.